The number of H-pyrrole nitrogens is 1. The van der Waals surface area contributed by atoms with Crippen LogP contribution >= 0.6 is 0 Å². The number of carbonyl (C=O) groups is 1. The summed E-state index contributed by atoms with van der Waals surface area (Å²) in [6, 6.07) is 3.36. The Morgan fingerprint density at radius 3 is 3.00 bits per heavy atom. The number of nitrogens with zero attached hydrogens (tertiary/aromatic N) is 3. The van der Waals surface area contributed by atoms with Crippen molar-refractivity contribution in [1.82, 2.24) is 20.2 Å². The Labute approximate surface area is 85.8 Å². The third-order valence-corrected chi connectivity index (χ3v) is 1.75. The zero-order valence-corrected chi connectivity index (χ0v) is 8.06. The van der Waals surface area contributed by atoms with E-state index in [9.17, 15) is 4.79 Å². The zero-order valence-electron chi connectivity index (χ0n) is 8.06. The van der Waals surface area contributed by atoms with Crippen molar-refractivity contribution < 1.29 is 4.79 Å². The fourth-order valence-electron chi connectivity index (χ4n) is 1.07. The third-order valence-electron chi connectivity index (χ3n) is 1.75. The third kappa shape index (κ3) is 2.16. The molecule has 6 nitrogen and oxygen atoms in total. The second kappa shape index (κ2) is 3.87. The number of hydrogen-bond donors (Lipinski definition) is 2. The number of rotatable bonds is 2. The van der Waals surface area contributed by atoms with Crippen LogP contribution in [0.4, 0.5) is 5.95 Å². The molecule has 0 saturated carbocycles. The maximum atomic E-state index is 11.6. The molecule has 0 aliphatic carbocycles. The normalized spacial score (nSPS) is 9.93. The Hall–Kier alpha value is -2.24. The van der Waals surface area contributed by atoms with Gasteiger partial charge in [-0.25, -0.2) is 0 Å². The van der Waals surface area contributed by atoms with Crippen molar-refractivity contribution in [3.8, 4) is 0 Å². The van der Waals surface area contributed by atoms with Crippen LogP contribution in [0.3, 0.4) is 0 Å². The molecule has 0 saturated heterocycles. The van der Waals surface area contributed by atoms with Gasteiger partial charge in [-0.2, -0.15) is 4.98 Å². The Morgan fingerprint density at radius 1 is 1.53 bits per heavy atom. The summed E-state index contributed by atoms with van der Waals surface area (Å²) in [5.41, 5.74) is 0.472. The molecule has 6 heteroatoms. The van der Waals surface area contributed by atoms with Crippen LogP contribution in [-0.2, 0) is 0 Å². The lowest BCUT2D eigenvalue weighted by molar-refractivity contribution is 0.102. The maximum absolute atomic E-state index is 11.6. The number of amides is 1. The average Bonchev–Trinajstić information content (AvgIpc) is 2.65. The second-order valence-electron chi connectivity index (χ2n) is 2.94. The lowest BCUT2D eigenvalue weighted by Crippen LogP contribution is -2.13. The van der Waals surface area contributed by atoms with Crippen LogP contribution in [0.5, 0.6) is 0 Å². The van der Waals surface area contributed by atoms with Crippen molar-refractivity contribution in [1.29, 1.82) is 0 Å². The predicted octanol–water partition coefficient (Wildman–Crippen LogP) is 0.760. The minimum absolute atomic E-state index is 0.265. The van der Waals surface area contributed by atoms with Gasteiger partial charge in [-0.3, -0.25) is 20.2 Å². The molecule has 0 aliphatic rings. The van der Waals surface area contributed by atoms with Crippen LogP contribution in [0.2, 0.25) is 0 Å². The predicted molar refractivity (Wildman–Crippen MR) is 53.3 cm³/mol. The largest absolute Gasteiger partial charge is 0.289 e. The number of nitrogens with one attached hydrogen (secondary N) is 2. The highest BCUT2D eigenvalue weighted by Gasteiger charge is 2.07. The quantitative estimate of drug-likeness (QED) is 0.754. The van der Waals surface area contributed by atoms with Gasteiger partial charge in [0.25, 0.3) is 5.91 Å². The molecule has 1 amide bonds. The topological polar surface area (TPSA) is 83.6 Å². The smallest absolute Gasteiger partial charge is 0.259 e. The van der Waals surface area contributed by atoms with Gasteiger partial charge in [0.15, 0.2) is 0 Å². The average molecular weight is 203 g/mol. The van der Waals surface area contributed by atoms with Gasteiger partial charge in [0.1, 0.15) is 5.82 Å². The number of aromatic amines is 1. The Balaban J connectivity index is 2.11. The van der Waals surface area contributed by atoms with Gasteiger partial charge in [-0.15, -0.1) is 5.10 Å². The van der Waals surface area contributed by atoms with Gasteiger partial charge in [-0.1, -0.05) is 0 Å². The van der Waals surface area contributed by atoms with Gasteiger partial charge in [0.05, 0.1) is 5.56 Å². The van der Waals surface area contributed by atoms with Gasteiger partial charge in [-0.05, 0) is 19.1 Å². The molecular formula is C9H9N5O. The number of carbonyl (C=O) groups excluding carboxylic acids is 1. The minimum atomic E-state index is -0.276. The Bertz CT molecular complexity index is 464. The van der Waals surface area contributed by atoms with Crippen molar-refractivity contribution >= 4 is 11.9 Å². The summed E-state index contributed by atoms with van der Waals surface area (Å²) in [4.78, 5) is 19.4. The van der Waals surface area contributed by atoms with E-state index >= 15 is 0 Å². The molecule has 0 spiro atoms. The van der Waals surface area contributed by atoms with Crippen LogP contribution in [0.25, 0.3) is 0 Å². The highest BCUT2D eigenvalue weighted by molar-refractivity contribution is 6.02. The summed E-state index contributed by atoms with van der Waals surface area (Å²) in [5.74, 6) is 0.639. The summed E-state index contributed by atoms with van der Waals surface area (Å²) in [6.45, 7) is 1.76. The van der Waals surface area contributed by atoms with Crippen LogP contribution in [0.1, 0.15) is 16.2 Å². The van der Waals surface area contributed by atoms with E-state index in [-0.39, 0.29) is 11.9 Å². The van der Waals surface area contributed by atoms with E-state index in [4.69, 9.17) is 0 Å². The number of pyridine rings is 1. The molecular weight excluding hydrogens is 194 g/mol. The highest BCUT2D eigenvalue weighted by Crippen LogP contribution is 2.02. The van der Waals surface area contributed by atoms with E-state index in [1.54, 1.807) is 25.3 Å². The maximum Gasteiger partial charge on any atom is 0.259 e. The first kappa shape index (κ1) is 9.32. The molecule has 76 valence electrons. The van der Waals surface area contributed by atoms with Crippen molar-refractivity contribution in [2.45, 2.75) is 6.92 Å². The standard InChI is InChI=1S/C9H9N5O/c1-6-11-9(14-13-6)12-8(15)7-3-2-4-10-5-7/h2-5H,1H3,(H2,11,12,13,14,15). The second-order valence-corrected chi connectivity index (χ2v) is 2.94. The molecule has 2 heterocycles. The molecule has 2 aromatic rings. The summed E-state index contributed by atoms with van der Waals surface area (Å²) in [5, 5.41) is 8.97. The number of anilines is 1. The first-order valence-electron chi connectivity index (χ1n) is 4.36. The van der Waals surface area contributed by atoms with Crippen molar-refractivity contribution in [2.24, 2.45) is 0 Å². The summed E-state index contributed by atoms with van der Waals surface area (Å²) in [6.07, 6.45) is 3.09. The molecule has 2 N–H and O–H groups in total. The molecule has 15 heavy (non-hydrogen) atoms. The molecule has 0 unspecified atom stereocenters. The van der Waals surface area contributed by atoms with E-state index in [0.717, 1.165) is 0 Å². The first-order chi connectivity index (χ1) is 7.25. The van der Waals surface area contributed by atoms with E-state index in [1.807, 2.05) is 0 Å². The van der Waals surface area contributed by atoms with Crippen LogP contribution in [0, 0.1) is 6.92 Å². The highest BCUT2D eigenvalue weighted by atomic mass is 16.1. The first-order valence-corrected chi connectivity index (χ1v) is 4.36. The minimum Gasteiger partial charge on any atom is -0.289 e. The molecule has 0 aromatic carbocycles. The summed E-state index contributed by atoms with van der Waals surface area (Å²) in [7, 11) is 0. The van der Waals surface area contributed by atoms with Crippen LogP contribution in [0.15, 0.2) is 24.5 Å². The number of hydrogen-bond acceptors (Lipinski definition) is 4. The number of aryl methyl sites for hydroxylation is 1. The van der Waals surface area contributed by atoms with Gasteiger partial charge in [0, 0.05) is 12.4 Å². The van der Waals surface area contributed by atoms with Gasteiger partial charge < -0.3 is 0 Å². The molecule has 0 aliphatic heterocycles. The van der Waals surface area contributed by atoms with Crippen LogP contribution < -0.4 is 5.32 Å². The molecule has 0 radical (unpaired) electrons. The molecule has 2 rings (SSSR count). The van der Waals surface area contributed by atoms with Gasteiger partial charge >= 0.3 is 0 Å². The lowest BCUT2D eigenvalue weighted by atomic mass is 10.3. The molecule has 0 bridgehead atoms. The fourth-order valence-corrected chi connectivity index (χ4v) is 1.07. The molecule has 0 atom stereocenters. The lowest BCUT2D eigenvalue weighted by Gasteiger charge is -1.98. The van der Waals surface area contributed by atoms with Gasteiger partial charge in [0.2, 0.25) is 5.95 Å². The van der Waals surface area contributed by atoms with E-state index in [0.29, 0.717) is 11.4 Å². The van der Waals surface area contributed by atoms with Crippen molar-refractivity contribution in [2.75, 3.05) is 5.32 Å². The van der Waals surface area contributed by atoms with E-state index in [1.165, 1.54) is 6.20 Å². The Morgan fingerprint density at radius 2 is 2.40 bits per heavy atom. The summed E-state index contributed by atoms with van der Waals surface area (Å²) >= 11 is 0. The monoisotopic (exact) mass is 203 g/mol. The summed E-state index contributed by atoms with van der Waals surface area (Å²) < 4.78 is 0. The van der Waals surface area contributed by atoms with E-state index < -0.39 is 0 Å². The SMILES string of the molecule is Cc1nc(NC(=O)c2cccnc2)n[nH]1. The molecule has 0 fully saturated rings. The fraction of sp³-hybridized carbons (Fsp3) is 0.111. The zero-order chi connectivity index (χ0) is 10.7. The van der Waals surface area contributed by atoms with Crippen LogP contribution in [-0.4, -0.2) is 26.1 Å². The van der Waals surface area contributed by atoms with E-state index in [2.05, 4.69) is 25.5 Å². The Kier molecular flexibility index (Phi) is 2.40. The number of aromatic nitrogens is 4. The molecule has 2 aromatic heterocycles. The van der Waals surface area contributed by atoms with Crippen molar-refractivity contribution in [3.63, 3.8) is 0 Å². The van der Waals surface area contributed by atoms with Crippen molar-refractivity contribution in [3.05, 3.63) is 35.9 Å².